The molecular weight excluding hydrogens is 340 g/mol. The Labute approximate surface area is 149 Å². The Morgan fingerprint density at radius 1 is 1.12 bits per heavy atom. The number of benzene rings is 2. The average Bonchev–Trinajstić information content (AvgIpc) is 2.93. The summed E-state index contributed by atoms with van der Waals surface area (Å²) >= 11 is 1.23. The molecule has 0 unspecified atom stereocenters. The van der Waals surface area contributed by atoms with Gasteiger partial charge in [0, 0.05) is 6.07 Å². The highest BCUT2D eigenvalue weighted by molar-refractivity contribution is 8.18. The van der Waals surface area contributed by atoms with E-state index in [2.05, 4.69) is 10.3 Å². The van der Waals surface area contributed by atoms with Crippen molar-refractivity contribution < 1.29 is 19.4 Å². The van der Waals surface area contributed by atoms with E-state index in [0.29, 0.717) is 27.3 Å². The number of methoxy groups -OCH3 is 2. The summed E-state index contributed by atoms with van der Waals surface area (Å²) in [4.78, 5) is 17.0. The zero-order valence-corrected chi connectivity index (χ0v) is 14.5. The van der Waals surface area contributed by atoms with E-state index in [9.17, 15) is 9.90 Å². The lowest BCUT2D eigenvalue weighted by Crippen LogP contribution is -2.19. The molecule has 1 fully saturated rings. The van der Waals surface area contributed by atoms with Crippen LogP contribution in [0.5, 0.6) is 17.2 Å². The molecule has 0 radical (unpaired) electrons. The number of thioether (sulfide) groups is 1. The molecule has 1 amide bonds. The molecule has 1 aliphatic heterocycles. The van der Waals surface area contributed by atoms with Crippen molar-refractivity contribution in [2.45, 2.75) is 0 Å². The van der Waals surface area contributed by atoms with Crippen LogP contribution in [0, 0.1) is 0 Å². The normalized spacial score (nSPS) is 17.0. The Kier molecular flexibility index (Phi) is 4.95. The maximum Gasteiger partial charge on any atom is 0.264 e. The van der Waals surface area contributed by atoms with E-state index in [1.54, 1.807) is 50.6 Å². The number of ether oxygens (including phenoxy) is 2. The fourth-order valence-corrected chi connectivity index (χ4v) is 3.10. The van der Waals surface area contributed by atoms with Crippen molar-refractivity contribution in [1.29, 1.82) is 0 Å². The first-order valence-electron chi connectivity index (χ1n) is 7.39. The summed E-state index contributed by atoms with van der Waals surface area (Å²) in [6, 6.07) is 11.9. The number of phenols is 1. The van der Waals surface area contributed by atoms with Crippen LogP contribution in [0.15, 0.2) is 52.4 Å². The molecule has 6 nitrogen and oxygen atoms in total. The Morgan fingerprint density at radius 3 is 2.64 bits per heavy atom. The Bertz CT molecular complexity index is 877. The fraction of sp³-hybridized carbons (Fsp3) is 0.111. The fourth-order valence-electron chi connectivity index (χ4n) is 2.25. The number of phenolic OH excluding ortho intramolecular Hbond substituents is 1. The topological polar surface area (TPSA) is 80.2 Å². The molecule has 0 aliphatic carbocycles. The molecular formula is C18H16N2O4S. The number of nitrogens with zero attached hydrogens (tertiary/aromatic N) is 1. The van der Waals surface area contributed by atoms with Crippen molar-refractivity contribution in [1.82, 2.24) is 5.32 Å². The largest absolute Gasteiger partial charge is 0.508 e. The number of carbonyl (C=O) groups is 1. The number of aliphatic imine (C=N–C) groups is 1. The van der Waals surface area contributed by atoms with E-state index >= 15 is 0 Å². The number of hydrogen-bond donors (Lipinski definition) is 2. The molecule has 25 heavy (non-hydrogen) atoms. The molecule has 128 valence electrons. The van der Waals surface area contributed by atoms with Crippen LogP contribution >= 0.6 is 11.8 Å². The van der Waals surface area contributed by atoms with Crippen LogP contribution in [0.3, 0.4) is 0 Å². The second kappa shape index (κ2) is 7.31. The third kappa shape index (κ3) is 3.95. The SMILES string of the molecule is COc1ccc(/C=C2\SC(=Nc3cccc(O)c3)NC2=O)cc1OC. The van der Waals surface area contributed by atoms with Crippen LogP contribution in [-0.4, -0.2) is 30.4 Å². The summed E-state index contributed by atoms with van der Waals surface area (Å²) < 4.78 is 10.5. The maximum atomic E-state index is 12.1. The lowest BCUT2D eigenvalue weighted by atomic mass is 10.2. The maximum absolute atomic E-state index is 12.1. The second-order valence-electron chi connectivity index (χ2n) is 5.12. The van der Waals surface area contributed by atoms with Crippen LogP contribution in [-0.2, 0) is 4.79 Å². The third-order valence-corrected chi connectivity index (χ3v) is 4.33. The van der Waals surface area contributed by atoms with E-state index in [1.807, 2.05) is 6.07 Å². The van der Waals surface area contributed by atoms with Gasteiger partial charge < -0.3 is 19.9 Å². The molecule has 2 aromatic carbocycles. The first-order valence-corrected chi connectivity index (χ1v) is 8.21. The minimum Gasteiger partial charge on any atom is -0.508 e. The monoisotopic (exact) mass is 356 g/mol. The summed E-state index contributed by atoms with van der Waals surface area (Å²) in [5, 5.41) is 12.7. The zero-order chi connectivity index (χ0) is 17.8. The quantitative estimate of drug-likeness (QED) is 0.822. The first kappa shape index (κ1) is 16.9. The molecule has 1 heterocycles. The minimum atomic E-state index is -0.223. The minimum absolute atomic E-state index is 0.122. The highest BCUT2D eigenvalue weighted by atomic mass is 32.2. The summed E-state index contributed by atoms with van der Waals surface area (Å²) in [5.41, 5.74) is 1.38. The number of aromatic hydroxyl groups is 1. The molecule has 0 aromatic heterocycles. The molecule has 0 saturated carbocycles. The summed E-state index contributed by atoms with van der Waals surface area (Å²) in [6.07, 6.45) is 1.76. The van der Waals surface area contributed by atoms with Gasteiger partial charge in [0.05, 0.1) is 24.8 Å². The lowest BCUT2D eigenvalue weighted by Gasteiger charge is -2.07. The molecule has 7 heteroatoms. The first-order chi connectivity index (χ1) is 12.1. The number of nitrogens with one attached hydrogen (secondary N) is 1. The van der Waals surface area contributed by atoms with E-state index < -0.39 is 0 Å². The molecule has 2 aromatic rings. The number of amides is 1. The van der Waals surface area contributed by atoms with Crippen molar-refractivity contribution in [2.24, 2.45) is 4.99 Å². The molecule has 0 bridgehead atoms. The summed E-state index contributed by atoms with van der Waals surface area (Å²) in [7, 11) is 3.13. The number of amidine groups is 1. The van der Waals surface area contributed by atoms with Gasteiger partial charge in [0.25, 0.3) is 5.91 Å². The standard InChI is InChI=1S/C18H16N2O4S/c1-23-14-7-6-11(8-15(14)24-2)9-16-17(22)20-18(25-16)19-12-4-3-5-13(21)10-12/h3-10,21H,1-2H3,(H,19,20,22)/b16-9-. The van der Waals surface area contributed by atoms with Crippen molar-refractivity contribution in [3.05, 3.63) is 52.9 Å². The van der Waals surface area contributed by atoms with Crippen LogP contribution in [0.2, 0.25) is 0 Å². The molecule has 1 aliphatic rings. The average molecular weight is 356 g/mol. The van der Waals surface area contributed by atoms with E-state index in [0.717, 1.165) is 5.56 Å². The van der Waals surface area contributed by atoms with Gasteiger partial charge in [0.1, 0.15) is 5.75 Å². The van der Waals surface area contributed by atoms with Crippen LogP contribution in [0.25, 0.3) is 6.08 Å². The van der Waals surface area contributed by atoms with Gasteiger partial charge >= 0.3 is 0 Å². The van der Waals surface area contributed by atoms with Gasteiger partial charge in [0.15, 0.2) is 16.7 Å². The predicted molar refractivity (Wildman–Crippen MR) is 98.5 cm³/mol. The molecule has 0 atom stereocenters. The Hall–Kier alpha value is -2.93. The van der Waals surface area contributed by atoms with Gasteiger partial charge in [-0.2, -0.15) is 0 Å². The van der Waals surface area contributed by atoms with Gasteiger partial charge in [-0.05, 0) is 47.7 Å². The molecule has 3 rings (SSSR count). The van der Waals surface area contributed by atoms with E-state index in [1.165, 1.54) is 17.8 Å². The summed E-state index contributed by atoms with van der Waals surface area (Å²) in [6.45, 7) is 0. The molecule has 2 N–H and O–H groups in total. The smallest absolute Gasteiger partial charge is 0.264 e. The third-order valence-electron chi connectivity index (χ3n) is 3.42. The zero-order valence-electron chi connectivity index (χ0n) is 13.6. The van der Waals surface area contributed by atoms with Gasteiger partial charge in [-0.15, -0.1) is 0 Å². The molecule has 0 spiro atoms. The second-order valence-corrected chi connectivity index (χ2v) is 6.15. The Morgan fingerprint density at radius 2 is 1.92 bits per heavy atom. The highest BCUT2D eigenvalue weighted by Crippen LogP contribution is 2.32. The molecule has 1 saturated heterocycles. The number of carbonyl (C=O) groups excluding carboxylic acids is 1. The lowest BCUT2D eigenvalue weighted by molar-refractivity contribution is -0.115. The van der Waals surface area contributed by atoms with Crippen LogP contribution < -0.4 is 14.8 Å². The van der Waals surface area contributed by atoms with Crippen LogP contribution in [0.1, 0.15) is 5.56 Å². The van der Waals surface area contributed by atoms with Gasteiger partial charge in [-0.1, -0.05) is 12.1 Å². The van der Waals surface area contributed by atoms with Gasteiger partial charge in [-0.25, -0.2) is 4.99 Å². The summed E-state index contributed by atoms with van der Waals surface area (Å²) in [5.74, 6) is 1.11. The Balaban J connectivity index is 1.84. The van der Waals surface area contributed by atoms with Crippen molar-refractivity contribution in [3.8, 4) is 17.2 Å². The van der Waals surface area contributed by atoms with Gasteiger partial charge in [0.2, 0.25) is 0 Å². The van der Waals surface area contributed by atoms with E-state index in [-0.39, 0.29) is 11.7 Å². The highest BCUT2D eigenvalue weighted by Gasteiger charge is 2.24. The number of hydrogen-bond acceptors (Lipinski definition) is 6. The predicted octanol–water partition coefficient (Wildman–Crippen LogP) is 3.30. The van der Waals surface area contributed by atoms with E-state index in [4.69, 9.17) is 9.47 Å². The van der Waals surface area contributed by atoms with Crippen molar-refractivity contribution in [2.75, 3.05) is 14.2 Å². The van der Waals surface area contributed by atoms with Gasteiger partial charge in [-0.3, -0.25) is 4.79 Å². The van der Waals surface area contributed by atoms with Crippen molar-refractivity contribution in [3.63, 3.8) is 0 Å². The number of rotatable bonds is 4. The van der Waals surface area contributed by atoms with Crippen molar-refractivity contribution >= 4 is 34.6 Å². The van der Waals surface area contributed by atoms with Crippen LogP contribution in [0.4, 0.5) is 5.69 Å².